The molecule has 0 aliphatic rings. The number of alkyl halides is 2. The fraction of sp³-hybridized carbons (Fsp3) is 0.0588. The van der Waals surface area contributed by atoms with Crippen LogP contribution < -0.4 is 4.74 Å². The number of oxazole rings is 1. The smallest absolute Gasteiger partial charge is 0.387 e. The summed E-state index contributed by atoms with van der Waals surface area (Å²) in [6.45, 7) is -2.87. The molecule has 0 unspecified atom stereocenters. The van der Waals surface area contributed by atoms with Crippen molar-refractivity contribution in [1.82, 2.24) is 4.98 Å². The van der Waals surface area contributed by atoms with Crippen LogP contribution in [0.5, 0.6) is 5.75 Å². The lowest BCUT2D eigenvalue weighted by atomic mass is 10.1. The molecule has 122 valence electrons. The highest BCUT2D eigenvalue weighted by atomic mass is 19.3. The van der Waals surface area contributed by atoms with Crippen molar-refractivity contribution in [2.24, 2.45) is 0 Å². The van der Waals surface area contributed by atoms with Gasteiger partial charge in [0.25, 0.3) is 0 Å². The van der Waals surface area contributed by atoms with Gasteiger partial charge in [-0.25, -0.2) is 9.78 Å². The van der Waals surface area contributed by atoms with Gasteiger partial charge in [-0.1, -0.05) is 0 Å². The molecule has 7 heteroatoms. The van der Waals surface area contributed by atoms with Crippen LogP contribution in [0.1, 0.15) is 10.4 Å². The molecular formula is C17H11F2NO4. The van der Waals surface area contributed by atoms with Gasteiger partial charge in [0.1, 0.15) is 17.7 Å². The van der Waals surface area contributed by atoms with Gasteiger partial charge in [-0.2, -0.15) is 8.78 Å². The second kappa shape index (κ2) is 6.49. The first-order valence-electron chi connectivity index (χ1n) is 6.87. The lowest BCUT2D eigenvalue weighted by molar-refractivity contribution is -0.0498. The number of carboxylic acid groups (broad SMARTS) is 1. The average molecular weight is 331 g/mol. The van der Waals surface area contributed by atoms with E-state index in [-0.39, 0.29) is 11.3 Å². The first-order valence-corrected chi connectivity index (χ1v) is 6.87. The highest BCUT2D eigenvalue weighted by Crippen LogP contribution is 2.26. The van der Waals surface area contributed by atoms with Gasteiger partial charge in [0.15, 0.2) is 0 Å². The maximum absolute atomic E-state index is 12.1. The van der Waals surface area contributed by atoms with Gasteiger partial charge in [0, 0.05) is 11.1 Å². The van der Waals surface area contributed by atoms with Gasteiger partial charge in [-0.3, -0.25) is 0 Å². The van der Waals surface area contributed by atoms with Crippen LogP contribution in [-0.4, -0.2) is 22.7 Å². The second-order valence-electron chi connectivity index (χ2n) is 4.82. The Balaban J connectivity index is 1.81. The van der Waals surface area contributed by atoms with E-state index in [0.29, 0.717) is 22.7 Å². The third kappa shape index (κ3) is 3.40. The zero-order chi connectivity index (χ0) is 17.1. The van der Waals surface area contributed by atoms with E-state index in [0.717, 1.165) is 0 Å². The Bertz CT molecular complexity index is 842. The van der Waals surface area contributed by atoms with Crippen molar-refractivity contribution < 1.29 is 27.8 Å². The summed E-state index contributed by atoms with van der Waals surface area (Å²) >= 11 is 0. The molecule has 0 amide bonds. The molecule has 0 spiro atoms. The highest BCUT2D eigenvalue weighted by molar-refractivity contribution is 5.88. The Hall–Kier alpha value is -3.22. The summed E-state index contributed by atoms with van der Waals surface area (Å²) in [5.41, 5.74) is 1.99. The monoisotopic (exact) mass is 331 g/mol. The number of hydrogen-bond acceptors (Lipinski definition) is 4. The summed E-state index contributed by atoms with van der Waals surface area (Å²) in [7, 11) is 0. The molecule has 3 aromatic rings. The quantitative estimate of drug-likeness (QED) is 0.754. The fourth-order valence-corrected chi connectivity index (χ4v) is 2.10. The van der Waals surface area contributed by atoms with E-state index in [1.165, 1.54) is 30.5 Å². The molecule has 0 saturated carbocycles. The number of halogens is 2. The standard InChI is InChI=1S/C17H11F2NO4/c18-17(19)24-13-7-5-10(6-8-13)14-9-23-15(20-14)11-1-3-12(4-2-11)16(21)22/h1-9,17H,(H,21,22). The first-order chi connectivity index (χ1) is 11.5. The van der Waals surface area contributed by atoms with Crippen LogP contribution in [0, 0.1) is 0 Å². The second-order valence-corrected chi connectivity index (χ2v) is 4.82. The zero-order valence-electron chi connectivity index (χ0n) is 12.1. The summed E-state index contributed by atoms with van der Waals surface area (Å²) in [6.07, 6.45) is 1.43. The lowest BCUT2D eigenvalue weighted by Gasteiger charge is -2.04. The molecule has 0 bridgehead atoms. The lowest BCUT2D eigenvalue weighted by Crippen LogP contribution is -2.01. The van der Waals surface area contributed by atoms with Gasteiger partial charge >= 0.3 is 12.6 Å². The van der Waals surface area contributed by atoms with Crippen molar-refractivity contribution in [3.8, 4) is 28.5 Å². The molecule has 24 heavy (non-hydrogen) atoms. The maximum atomic E-state index is 12.1. The third-order valence-corrected chi connectivity index (χ3v) is 3.26. The maximum Gasteiger partial charge on any atom is 0.387 e. The predicted octanol–water partition coefficient (Wildman–Crippen LogP) is 4.31. The van der Waals surface area contributed by atoms with E-state index in [1.54, 1.807) is 24.3 Å². The van der Waals surface area contributed by atoms with Gasteiger partial charge in [0.2, 0.25) is 5.89 Å². The van der Waals surface area contributed by atoms with Crippen molar-refractivity contribution in [3.05, 3.63) is 60.4 Å². The van der Waals surface area contributed by atoms with Crippen LogP contribution in [0.2, 0.25) is 0 Å². The average Bonchev–Trinajstić information content (AvgIpc) is 3.05. The number of benzene rings is 2. The summed E-state index contributed by atoms with van der Waals surface area (Å²) in [5, 5.41) is 8.88. The number of carboxylic acids is 1. The molecule has 0 saturated heterocycles. The van der Waals surface area contributed by atoms with Crippen LogP contribution in [0.4, 0.5) is 8.78 Å². The topological polar surface area (TPSA) is 72.6 Å². The normalized spacial score (nSPS) is 10.8. The van der Waals surface area contributed by atoms with E-state index in [1.807, 2.05) is 0 Å². The highest BCUT2D eigenvalue weighted by Gasteiger charge is 2.11. The van der Waals surface area contributed by atoms with E-state index in [2.05, 4.69) is 9.72 Å². The zero-order valence-corrected chi connectivity index (χ0v) is 12.1. The van der Waals surface area contributed by atoms with Crippen LogP contribution in [0.15, 0.2) is 59.2 Å². The number of ether oxygens (including phenoxy) is 1. The molecular weight excluding hydrogens is 320 g/mol. The van der Waals surface area contributed by atoms with Crippen molar-refractivity contribution in [1.29, 1.82) is 0 Å². The number of carbonyl (C=O) groups is 1. The van der Waals surface area contributed by atoms with E-state index in [4.69, 9.17) is 9.52 Å². The van der Waals surface area contributed by atoms with Gasteiger partial charge in [-0.15, -0.1) is 0 Å². The van der Waals surface area contributed by atoms with Gasteiger partial charge in [0.05, 0.1) is 5.56 Å². The molecule has 2 aromatic carbocycles. The predicted molar refractivity (Wildman–Crippen MR) is 81.0 cm³/mol. The van der Waals surface area contributed by atoms with Crippen LogP contribution >= 0.6 is 0 Å². The summed E-state index contributed by atoms with van der Waals surface area (Å²) in [5.74, 6) is -0.627. The van der Waals surface area contributed by atoms with E-state index >= 15 is 0 Å². The Kier molecular flexibility index (Phi) is 4.24. The van der Waals surface area contributed by atoms with Crippen LogP contribution in [-0.2, 0) is 0 Å². The molecule has 1 heterocycles. The largest absolute Gasteiger partial charge is 0.478 e. The van der Waals surface area contributed by atoms with Crippen molar-refractivity contribution >= 4 is 5.97 Å². The summed E-state index contributed by atoms with van der Waals surface area (Å²) in [4.78, 5) is 15.1. The minimum Gasteiger partial charge on any atom is -0.478 e. The SMILES string of the molecule is O=C(O)c1ccc(-c2nc(-c3ccc(OC(F)F)cc3)co2)cc1. The molecule has 5 nitrogen and oxygen atoms in total. The van der Waals surface area contributed by atoms with Crippen molar-refractivity contribution in [3.63, 3.8) is 0 Å². The molecule has 0 fully saturated rings. The Morgan fingerprint density at radius 1 is 1.04 bits per heavy atom. The van der Waals surface area contributed by atoms with Crippen LogP contribution in [0.3, 0.4) is 0 Å². The molecule has 1 aromatic heterocycles. The number of hydrogen-bond donors (Lipinski definition) is 1. The van der Waals surface area contributed by atoms with Crippen LogP contribution in [0.25, 0.3) is 22.7 Å². The number of aromatic carboxylic acids is 1. The summed E-state index contributed by atoms with van der Waals surface area (Å²) in [6, 6.07) is 12.1. The third-order valence-electron chi connectivity index (χ3n) is 3.26. The fourth-order valence-electron chi connectivity index (χ4n) is 2.10. The number of nitrogens with zero attached hydrogens (tertiary/aromatic N) is 1. The van der Waals surface area contributed by atoms with Crippen molar-refractivity contribution in [2.75, 3.05) is 0 Å². The molecule has 0 aliphatic carbocycles. The molecule has 1 N–H and O–H groups in total. The summed E-state index contributed by atoms with van der Waals surface area (Å²) < 4.78 is 33.9. The number of rotatable bonds is 5. The van der Waals surface area contributed by atoms with E-state index < -0.39 is 12.6 Å². The minimum absolute atomic E-state index is 0.0572. The Labute approximate surface area is 135 Å². The van der Waals surface area contributed by atoms with Gasteiger partial charge < -0.3 is 14.3 Å². The Morgan fingerprint density at radius 3 is 2.25 bits per heavy atom. The van der Waals surface area contributed by atoms with Crippen molar-refractivity contribution in [2.45, 2.75) is 6.61 Å². The molecule has 0 aliphatic heterocycles. The number of aromatic nitrogens is 1. The van der Waals surface area contributed by atoms with E-state index in [9.17, 15) is 13.6 Å². The first kappa shape index (κ1) is 15.7. The minimum atomic E-state index is -2.87. The molecule has 0 radical (unpaired) electrons. The Morgan fingerprint density at radius 2 is 1.67 bits per heavy atom. The molecule has 3 rings (SSSR count). The molecule has 0 atom stereocenters. The van der Waals surface area contributed by atoms with Gasteiger partial charge in [-0.05, 0) is 48.5 Å².